The fourth-order valence-electron chi connectivity index (χ4n) is 2.35. The average Bonchev–Trinajstić information content (AvgIpc) is 2.55. The molecule has 2 amide bonds. The van der Waals surface area contributed by atoms with E-state index in [0.29, 0.717) is 29.3 Å². The van der Waals surface area contributed by atoms with Gasteiger partial charge in [-0.2, -0.15) is 0 Å². The lowest BCUT2D eigenvalue weighted by molar-refractivity contribution is -0.118. The summed E-state index contributed by atoms with van der Waals surface area (Å²) in [7, 11) is 0. The molecule has 0 saturated carbocycles. The molecule has 0 aromatic heterocycles. The zero-order valence-corrected chi connectivity index (χ0v) is 13.0. The van der Waals surface area contributed by atoms with Crippen molar-refractivity contribution in [1.29, 1.82) is 0 Å². The summed E-state index contributed by atoms with van der Waals surface area (Å²) in [5.41, 5.74) is 2.36. The molecular weight excluding hydrogens is 316 g/mol. The Morgan fingerprint density at radius 1 is 1.22 bits per heavy atom. The molecule has 0 radical (unpaired) electrons. The number of nitrogens with one attached hydrogen (secondary N) is 2. The standard InChI is InChI=1S/C17H15ClN2O3/c18-13-3-1-2-4-15(13)20-17(22)10-23-12-6-7-14-11(9-12)5-8-16(21)19-14/h1-4,6-7,9H,5,8,10H2,(H,19,21)(H,20,22). The van der Waals surface area contributed by atoms with Gasteiger partial charge in [-0.1, -0.05) is 23.7 Å². The number of carbonyl (C=O) groups excluding carboxylic acids is 2. The van der Waals surface area contributed by atoms with Gasteiger partial charge in [0, 0.05) is 12.1 Å². The van der Waals surface area contributed by atoms with E-state index < -0.39 is 0 Å². The van der Waals surface area contributed by atoms with Crippen LogP contribution in [0.2, 0.25) is 5.02 Å². The molecule has 1 aliphatic rings. The topological polar surface area (TPSA) is 67.4 Å². The molecule has 2 N–H and O–H groups in total. The molecule has 6 heteroatoms. The molecule has 2 aromatic rings. The predicted molar refractivity (Wildman–Crippen MR) is 89.0 cm³/mol. The van der Waals surface area contributed by atoms with Crippen LogP contribution in [0.4, 0.5) is 11.4 Å². The molecule has 1 aliphatic heterocycles. The van der Waals surface area contributed by atoms with E-state index in [9.17, 15) is 9.59 Å². The Morgan fingerprint density at radius 2 is 2.04 bits per heavy atom. The summed E-state index contributed by atoms with van der Waals surface area (Å²) < 4.78 is 5.50. The fourth-order valence-corrected chi connectivity index (χ4v) is 2.53. The minimum atomic E-state index is -0.288. The molecule has 23 heavy (non-hydrogen) atoms. The molecule has 0 spiro atoms. The van der Waals surface area contributed by atoms with Crippen LogP contribution in [0.5, 0.6) is 5.75 Å². The Hall–Kier alpha value is -2.53. The third kappa shape index (κ3) is 3.81. The van der Waals surface area contributed by atoms with Crippen molar-refractivity contribution in [3.05, 3.63) is 53.1 Å². The largest absolute Gasteiger partial charge is 0.484 e. The minimum Gasteiger partial charge on any atom is -0.484 e. The maximum atomic E-state index is 11.9. The highest BCUT2D eigenvalue weighted by molar-refractivity contribution is 6.33. The first kappa shape index (κ1) is 15.4. The molecule has 0 saturated heterocycles. The maximum Gasteiger partial charge on any atom is 0.262 e. The number of anilines is 2. The summed E-state index contributed by atoms with van der Waals surface area (Å²) >= 11 is 5.99. The van der Waals surface area contributed by atoms with Gasteiger partial charge in [0.25, 0.3) is 5.91 Å². The van der Waals surface area contributed by atoms with Crippen molar-refractivity contribution in [2.75, 3.05) is 17.2 Å². The predicted octanol–water partition coefficient (Wildman–Crippen LogP) is 3.24. The van der Waals surface area contributed by atoms with Gasteiger partial charge in [-0.05, 0) is 42.3 Å². The number of ether oxygens (including phenoxy) is 1. The number of hydrogen-bond donors (Lipinski definition) is 2. The summed E-state index contributed by atoms with van der Waals surface area (Å²) in [6.45, 7) is -0.115. The van der Waals surface area contributed by atoms with Gasteiger partial charge in [-0.3, -0.25) is 9.59 Å². The van der Waals surface area contributed by atoms with Crippen LogP contribution < -0.4 is 15.4 Å². The second-order valence-electron chi connectivity index (χ2n) is 5.18. The number of hydrogen-bond acceptors (Lipinski definition) is 3. The molecule has 0 aliphatic carbocycles. The zero-order chi connectivity index (χ0) is 16.2. The van der Waals surface area contributed by atoms with E-state index in [1.807, 2.05) is 6.07 Å². The quantitative estimate of drug-likeness (QED) is 0.904. The highest BCUT2D eigenvalue weighted by atomic mass is 35.5. The molecule has 118 valence electrons. The summed E-state index contributed by atoms with van der Waals surface area (Å²) in [6, 6.07) is 12.4. The van der Waals surface area contributed by atoms with E-state index in [1.165, 1.54) is 0 Å². The molecule has 3 rings (SSSR count). The van der Waals surface area contributed by atoms with Crippen molar-refractivity contribution >= 4 is 34.8 Å². The van der Waals surface area contributed by atoms with Crippen molar-refractivity contribution in [1.82, 2.24) is 0 Å². The molecule has 1 heterocycles. The molecule has 2 aromatic carbocycles. The van der Waals surface area contributed by atoms with Crippen LogP contribution >= 0.6 is 11.6 Å². The first-order chi connectivity index (χ1) is 11.1. The van der Waals surface area contributed by atoms with Crippen LogP contribution in [-0.4, -0.2) is 18.4 Å². The highest BCUT2D eigenvalue weighted by Crippen LogP contribution is 2.27. The Bertz CT molecular complexity index is 761. The van der Waals surface area contributed by atoms with Gasteiger partial charge < -0.3 is 15.4 Å². The van der Waals surface area contributed by atoms with E-state index in [4.69, 9.17) is 16.3 Å². The fraction of sp³-hybridized carbons (Fsp3) is 0.176. The van der Waals surface area contributed by atoms with Gasteiger partial charge >= 0.3 is 0 Å². The number of amides is 2. The van der Waals surface area contributed by atoms with Gasteiger partial charge in [0.05, 0.1) is 10.7 Å². The number of aryl methyl sites for hydroxylation is 1. The maximum absolute atomic E-state index is 11.9. The molecule has 0 unspecified atom stereocenters. The van der Waals surface area contributed by atoms with Gasteiger partial charge in [0.2, 0.25) is 5.91 Å². The van der Waals surface area contributed by atoms with Gasteiger partial charge in [-0.25, -0.2) is 0 Å². The Kier molecular flexibility index (Phi) is 4.48. The number of carbonyl (C=O) groups is 2. The van der Waals surface area contributed by atoms with Gasteiger partial charge in [-0.15, -0.1) is 0 Å². The molecular formula is C17H15ClN2O3. The highest BCUT2D eigenvalue weighted by Gasteiger charge is 2.15. The Balaban J connectivity index is 1.59. The van der Waals surface area contributed by atoms with E-state index in [2.05, 4.69) is 10.6 Å². The van der Waals surface area contributed by atoms with Crippen LogP contribution in [0, 0.1) is 0 Å². The number of halogens is 1. The Labute approximate surface area is 138 Å². The SMILES string of the molecule is O=C(COc1ccc2c(c1)CCC(=O)N2)Nc1ccccc1Cl. The molecule has 0 fully saturated rings. The van der Waals surface area contributed by atoms with Crippen LogP contribution in [0.3, 0.4) is 0 Å². The average molecular weight is 331 g/mol. The van der Waals surface area contributed by atoms with Crippen molar-refractivity contribution in [2.24, 2.45) is 0 Å². The monoisotopic (exact) mass is 330 g/mol. The summed E-state index contributed by atoms with van der Waals surface area (Å²) in [5, 5.41) is 5.98. The van der Waals surface area contributed by atoms with E-state index in [0.717, 1.165) is 11.3 Å². The van der Waals surface area contributed by atoms with Crippen LogP contribution in [0.15, 0.2) is 42.5 Å². The van der Waals surface area contributed by atoms with Crippen molar-refractivity contribution in [3.8, 4) is 5.75 Å². The normalized spacial score (nSPS) is 13.0. The summed E-state index contributed by atoms with van der Waals surface area (Å²) in [6.07, 6.45) is 1.13. The number of fused-ring (bicyclic) bond motifs is 1. The van der Waals surface area contributed by atoms with Crippen molar-refractivity contribution in [2.45, 2.75) is 12.8 Å². The van der Waals surface area contributed by atoms with Crippen molar-refractivity contribution < 1.29 is 14.3 Å². The molecule has 5 nitrogen and oxygen atoms in total. The van der Waals surface area contributed by atoms with Crippen LogP contribution in [-0.2, 0) is 16.0 Å². The van der Waals surface area contributed by atoms with Crippen LogP contribution in [0.1, 0.15) is 12.0 Å². The lowest BCUT2D eigenvalue weighted by Gasteiger charge is -2.17. The summed E-state index contributed by atoms with van der Waals surface area (Å²) in [5.74, 6) is 0.323. The van der Waals surface area contributed by atoms with Crippen molar-refractivity contribution in [3.63, 3.8) is 0 Å². The smallest absolute Gasteiger partial charge is 0.262 e. The second kappa shape index (κ2) is 6.71. The van der Waals surface area contributed by atoms with E-state index >= 15 is 0 Å². The van der Waals surface area contributed by atoms with Gasteiger partial charge in [0.15, 0.2) is 6.61 Å². The third-order valence-electron chi connectivity index (χ3n) is 3.49. The summed E-state index contributed by atoms with van der Waals surface area (Å²) in [4.78, 5) is 23.2. The van der Waals surface area contributed by atoms with Crippen LogP contribution in [0.25, 0.3) is 0 Å². The third-order valence-corrected chi connectivity index (χ3v) is 3.82. The molecule has 0 atom stereocenters. The lowest BCUT2D eigenvalue weighted by Crippen LogP contribution is -2.21. The molecule has 0 bridgehead atoms. The van der Waals surface area contributed by atoms with Gasteiger partial charge in [0.1, 0.15) is 5.75 Å². The van der Waals surface area contributed by atoms with E-state index in [-0.39, 0.29) is 18.4 Å². The number of benzene rings is 2. The zero-order valence-electron chi connectivity index (χ0n) is 12.3. The number of rotatable bonds is 4. The number of para-hydroxylation sites is 1. The first-order valence-corrected chi connectivity index (χ1v) is 7.59. The van der Waals surface area contributed by atoms with E-state index in [1.54, 1.807) is 36.4 Å². The second-order valence-corrected chi connectivity index (χ2v) is 5.59. The Morgan fingerprint density at radius 3 is 2.87 bits per heavy atom. The lowest BCUT2D eigenvalue weighted by atomic mass is 10.0. The first-order valence-electron chi connectivity index (χ1n) is 7.22. The minimum absolute atomic E-state index is 0.0188.